The second-order valence-corrected chi connectivity index (χ2v) is 3.71. The van der Waals surface area contributed by atoms with Crippen molar-refractivity contribution in [1.29, 1.82) is 0 Å². The molecular formula is C11H13ClO2. The first-order valence-corrected chi connectivity index (χ1v) is 4.84. The van der Waals surface area contributed by atoms with Crippen LogP contribution in [0.2, 0.25) is 0 Å². The maximum absolute atomic E-state index is 11.0. The van der Waals surface area contributed by atoms with Crippen LogP contribution in [-0.2, 0) is 16.0 Å². The molecule has 2 nitrogen and oxygen atoms in total. The van der Waals surface area contributed by atoms with Crippen LogP contribution in [0.15, 0.2) is 24.3 Å². The molecule has 1 aromatic rings. The molecule has 1 unspecified atom stereocenters. The van der Waals surface area contributed by atoms with Gasteiger partial charge in [-0.2, -0.15) is 0 Å². The summed E-state index contributed by atoms with van der Waals surface area (Å²) < 4.78 is 4.54. The fourth-order valence-electron chi connectivity index (χ4n) is 1.26. The number of carbonyl (C=O) groups is 1. The summed E-state index contributed by atoms with van der Waals surface area (Å²) >= 11 is 5.84. The molecule has 0 fully saturated rings. The van der Waals surface area contributed by atoms with Crippen LogP contribution in [0.4, 0.5) is 0 Å². The van der Waals surface area contributed by atoms with Crippen molar-refractivity contribution in [3.8, 4) is 0 Å². The first-order valence-electron chi connectivity index (χ1n) is 4.41. The van der Waals surface area contributed by atoms with Crippen LogP contribution in [0.25, 0.3) is 0 Å². The standard InChI is InChI=1S/C11H13ClO2/c1-8-4-3-5-9(6-8)7-10(12)11(13)14-2/h3-6,10H,7H2,1-2H3. The minimum Gasteiger partial charge on any atom is -0.468 e. The van der Waals surface area contributed by atoms with Gasteiger partial charge in [-0.15, -0.1) is 11.6 Å². The fraction of sp³-hybridized carbons (Fsp3) is 0.364. The predicted octanol–water partition coefficient (Wildman–Crippen LogP) is 2.32. The number of alkyl halides is 1. The van der Waals surface area contributed by atoms with Crippen molar-refractivity contribution in [2.45, 2.75) is 18.7 Å². The molecule has 3 heteroatoms. The number of hydrogen-bond acceptors (Lipinski definition) is 2. The number of ether oxygens (including phenoxy) is 1. The highest BCUT2D eigenvalue weighted by Crippen LogP contribution is 2.11. The number of carbonyl (C=O) groups excluding carboxylic acids is 1. The number of halogens is 1. The maximum atomic E-state index is 11.0. The lowest BCUT2D eigenvalue weighted by molar-refractivity contribution is -0.140. The summed E-state index contributed by atoms with van der Waals surface area (Å²) in [7, 11) is 1.34. The van der Waals surface area contributed by atoms with Crippen LogP contribution in [-0.4, -0.2) is 18.5 Å². The van der Waals surface area contributed by atoms with Crippen molar-refractivity contribution >= 4 is 17.6 Å². The zero-order valence-electron chi connectivity index (χ0n) is 8.29. The number of benzene rings is 1. The smallest absolute Gasteiger partial charge is 0.324 e. The first-order chi connectivity index (χ1) is 6.63. The molecule has 0 aliphatic carbocycles. The predicted molar refractivity (Wildman–Crippen MR) is 56.5 cm³/mol. The monoisotopic (exact) mass is 212 g/mol. The molecule has 0 aliphatic heterocycles. The van der Waals surface area contributed by atoms with E-state index < -0.39 is 5.38 Å². The third-order valence-corrected chi connectivity index (χ3v) is 2.29. The topological polar surface area (TPSA) is 26.3 Å². The third kappa shape index (κ3) is 3.04. The summed E-state index contributed by atoms with van der Waals surface area (Å²) in [6, 6.07) is 7.92. The van der Waals surface area contributed by atoms with Crippen molar-refractivity contribution < 1.29 is 9.53 Å². The van der Waals surface area contributed by atoms with E-state index in [0.717, 1.165) is 11.1 Å². The van der Waals surface area contributed by atoms with Gasteiger partial charge in [-0.1, -0.05) is 29.8 Å². The van der Waals surface area contributed by atoms with Crippen LogP contribution >= 0.6 is 11.6 Å². The lowest BCUT2D eigenvalue weighted by Crippen LogP contribution is -2.18. The van der Waals surface area contributed by atoms with E-state index in [1.165, 1.54) is 7.11 Å². The normalized spacial score (nSPS) is 12.2. The van der Waals surface area contributed by atoms with Crippen molar-refractivity contribution in [3.63, 3.8) is 0 Å². The minimum atomic E-state index is -0.596. The molecule has 0 heterocycles. The largest absolute Gasteiger partial charge is 0.468 e. The van der Waals surface area contributed by atoms with E-state index in [0.29, 0.717) is 6.42 Å². The quantitative estimate of drug-likeness (QED) is 0.568. The summed E-state index contributed by atoms with van der Waals surface area (Å²) in [6.45, 7) is 2.00. The zero-order chi connectivity index (χ0) is 10.6. The van der Waals surface area contributed by atoms with E-state index in [9.17, 15) is 4.79 Å². The van der Waals surface area contributed by atoms with Gasteiger partial charge in [-0.3, -0.25) is 4.79 Å². The average Bonchev–Trinajstić information content (AvgIpc) is 2.16. The highest BCUT2D eigenvalue weighted by Gasteiger charge is 2.15. The van der Waals surface area contributed by atoms with Crippen molar-refractivity contribution in [3.05, 3.63) is 35.4 Å². The van der Waals surface area contributed by atoms with Crippen molar-refractivity contribution in [2.24, 2.45) is 0 Å². The Hall–Kier alpha value is -1.02. The summed E-state index contributed by atoms with van der Waals surface area (Å²) in [5.41, 5.74) is 2.21. The van der Waals surface area contributed by atoms with Gasteiger partial charge in [0.2, 0.25) is 0 Å². The Morgan fingerprint density at radius 3 is 2.86 bits per heavy atom. The number of aryl methyl sites for hydroxylation is 1. The molecule has 76 valence electrons. The average molecular weight is 213 g/mol. The second kappa shape index (κ2) is 5.01. The highest BCUT2D eigenvalue weighted by atomic mass is 35.5. The second-order valence-electron chi connectivity index (χ2n) is 3.18. The van der Waals surface area contributed by atoms with E-state index >= 15 is 0 Å². The van der Waals surface area contributed by atoms with Crippen molar-refractivity contribution in [1.82, 2.24) is 0 Å². The van der Waals surface area contributed by atoms with Crippen LogP contribution in [0.5, 0.6) is 0 Å². The van der Waals surface area contributed by atoms with Crippen molar-refractivity contribution in [2.75, 3.05) is 7.11 Å². The maximum Gasteiger partial charge on any atom is 0.324 e. The van der Waals surface area contributed by atoms with Crippen LogP contribution in [0, 0.1) is 6.92 Å². The number of rotatable bonds is 3. The summed E-state index contributed by atoms with van der Waals surface area (Å²) in [4.78, 5) is 11.0. The van der Waals surface area contributed by atoms with Gasteiger partial charge in [-0.25, -0.2) is 0 Å². The Labute approximate surface area is 88.8 Å². The van der Waals surface area contributed by atoms with Crippen LogP contribution in [0.1, 0.15) is 11.1 Å². The highest BCUT2D eigenvalue weighted by molar-refractivity contribution is 6.30. The lowest BCUT2D eigenvalue weighted by atomic mass is 10.1. The molecule has 14 heavy (non-hydrogen) atoms. The molecule has 0 amide bonds. The molecule has 0 aliphatic rings. The van der Waals surface area contributed by atoms with Gasteiger partial charge in [0, 0.05) is 0 Å². The van der Waals surface area contributed by atoms with E-state index in [4.69, 9.17) is 11.6 Å². The van der Waals surface area contributed by atoms with Crippen LogP contribution < -0.4 is 0 Å². The van der Waals surface area contributed by atoms with Gasteiger partial charge in [-0.05, 0) is 18.9 Å². The molecule has 1 rings (SSSR count). The summed E-state index contributed by atoms with van der Waals surface area (Å²) in [5.74, 6) is -0.381. The summed E-state index contributed by atoms with van der Waals surface area (Å²) in [6.07, 6.45) is 0.510. The lowest BCUT2D eigenvalue weighted by Gasteiger charge is -2.07. The Kier molecular flexibility index (Phi) is 3.96. The van der Waals surface area contributed by atoms with E-state index in [2.05, 4.69) is 4.74 Å². The van der Waals surface area contributed by atoms with E-state index in [1.54, 1.807) is 0 Å². The number of methoxy groups -OCH3 is 1. The van der Waals surface area contributed by atoms with Gasteiger partial charge in [0.15, 0.2) is 0 Å². The molecule has 1 aromatic carbocycles. The molecule has 0 spiro atoms. The fourth-order valence-corrected chi connectivity index (χ4v) is 1.52. The van der Waals surface area contributed by atoms with E-state index in [-0.39, 0.29) is 5.97 Å². The van der Waals surface area contributed by atoms with Gasteiger partial charge < -0.3 is 4.74 Å². The van der Waals surface area contributed by atoms with E-state index in [1.807, 2.05) is 31.2 Å². The molecule has 0 radical (unpaired) electrons. The van der Waals surface area contributed by atoms with Gasteiger partial charge in [0.05, 0.1) is 7.11 Å². The summed E-state index contributed by atoms with van der Waals surface area (Å²) in [5, 5.41) is -0.596. The van der Waals surface area contributed by atoms with Crippen LogP contribution in [0.3, 0.4) is 0 Å². The molecule has 1 atom stereocenters. The van der Waals surface area contributed by atoms with Gasteiger partial charge in [0.25, 0.3) is 0 Å². The molecule has 0 N–H and O–H groups in total. The van der Waals surface area contributed by atoms with Gasteiger partial charge >= 0.3 is 5.97 Å². The molecular weight excluding hydrogens is 200 g/mol. The number of esters is 1. The molecule has 0 bridgehead atoms. The molecule has 0 saturated heterocycles. The Morgan fingerprint density at radius 1 is 1.57 bits per heavy atom. The Morgan fingerprint density at radius 2 is 2.29 bits per heavy atom. The zero-order valence-corrected chi connectivity index (χ0v) is 9.04. The molecule has 0 aromatic heterocycles. The SMILES string of the molecule is COC(=O)C(Cl)Cc1cccc(C)c1. The minimum absolute atomic E-state index is 0.381. The Balaban J connectivity index is 2.64. The molecule has 0 saturated carbocycles. The number of hydrogen-bond donors (Lipinski definition) is 0. The van der Waals surface area contributed by atoms with Gasteiger partial charge in [0.1, 0.15) is 5.38 Å². The first kappa shape index (κ1) is 11.1. The third-order valence-electron chi connectivity index (χ3n) is 1.95. The Bertz CT molecular complexity index is 323.